The lowest BCUT2D eigenvalue weighted by atomic mass is 10.0. The SMILES string of the molecule is CCCCCCCC(=O)c1ccc(Cl)c(F)c1. The van der Waals surface area contributed by atoms with Gasteiger partial charge in [-0.25, -0.2) is 4.39 Å². The minimum atomic E-state index is -0.525. The number of unbranched alkanes of at least 4 members (excludes halogenated alkanes) is 4. The van der Waals surface area contributed by atoms with Gasteiger partial charge in [-0.3, -0.25) is 4.79 Å². The molecule has 0 saturated carbocycles. The highest BCUT2D eigenvalue weighted by Crippen LogP contribution is 2.17. The van der Waals surface area contributed by atoms with Crippen molar-refractivity contribution in [3.8, 4) is 0 Å². The summed E-state index contributed by atoms with van der Waals surface area (Å²) in [5.74, 6) is -0.527. The highest BCUT2D eigenvalue weighted by molar-refractivity contribution is 6.30. The van der Waals surface area contributed by atoms with Gasteiger partial charge in [-0.05, 0) is 24.6 Å². The van der Waals surface area contributed by atoms with Crippen LogP contribution in [0.2, 0.25) is 5.02 Å². The molecule has 0 fully saturated rings. The predicted octanol–water partition coefficient (Wildman–Crippen LogP) is 5.02. The van der Waals surface area contributed by atoms with E-state index in [1.807, 2.05) is 0 Å². The molecule has 0 amide bonds. The van der Waals surface area contributed by atoms with E-state index in [4.69, 9.17) is 11.6 Å². The van der Waals surface area contributed by atoms with E-state index in [1.165, 1.54) is 31.4 Å². The summed E-state index contributed by atoms with van der Waals surface area (Å²) in [5, 5.41) is 0.0597. The van der Waals surface area contributed by atoms with E-state index in [-0.39, 0.29) is 10.8 Å². The van der Waals surface area contributed by atoms with Crippen LogP contribution in [0, 0.1) is 5.82 Å². The first kappa shape index (κ1) is 14.2. The molecule has 0 radical (unpaired) electrons. The van der Waals surface area contributed by atoms with Crippen LogP contribution in [0.5, 0.6) is 0 Å². The standard InChI is InChI=1S/C14H18ClFO/c1-2-3-4-5-6-7-14(17)11-8-9-12(15)13(16)10-11/h8-10H,2-7H2,1H3. The molecule has 1 nitrogen and oxygen atoms in total. The third kappa shape index (κ3) is 4.86. The molecule has 0 unspecified atom stereocenters. The van der Waals surface area contributed by atoms with E-state index in [2.05, 4.69) is 6.92 Å². The summed E-state index contributed by atoms with van der Waals surface area (Å²) in [6.45, 7) is 2.15. The zero-order valence-electron chi connectivity index (χ0n) is 10.1. The largest absolute Gasteiger partial charge is 0.294 e. The molecule has 3 heteroatoms. The number of benzene rings is 1. The number of carbonyl (C=O) groups excluding carboxylic acids is 1. The van der Waals surface area contributed by atoms with Crippen molar-refractivity contribution in [3.63, 3.8) is 0 Å². The molecule has 94 valence electrons. The average Bonchev–Trinajstić information content (AvgIpc) is 2.32. The van der Waals surface area contributed by atoms with E-state index in [1.54, 1.807) is 6.07 Å². The fraction of sp³-hybridized carbons (Fsp3) is 0.500. The molecular formula is C14H18ClFO. The van der Waals surface area contributed by atoms with Gasteiger partial charge in [0.15, 0.2) is 5.78 Å². The van der Waals surface area contributed by atoms with Crippen LogP contribution in [-0.4, -0.2) is 5.78 Å². The normalized spacial score (nSPS) is 10.5. The van der Waals surface area contributed by atoms with Crippen molar-refractivity contribution >= 4 is 17.4 Å². The van der Waals surface area contributed by atoms with Gasteiger partial charge in [-0.1, -0.05) is 44.2 Å². The Morgan fingerprint density at radius 3 is 2.59 bits per heavy atom. The number of ketones is 1. The second-order valence-corrected chi connectivity index (χ2v) is 4.62. The predicted molar refractivity (Wildman–Crippen MR) is 69.1 cm³/mol. The summed E-state index contributed by atoms with van der Waals surface area (Å²) in [7, 11) is 0. The molecule has 0 bridgehead atoms. The van der Waals surface area contributed by atoms with Crippen molar-refractivity contribution in [2.24, 2.45) is 0 Å². The zero-order chi connectivity index (χ0) is 12.7. The van der Waals surface area contributed by atoms with Crippen LogP contribution in [0.3, 0.4) is 0 Å². The smallest absolute Gasteiger partial charge is 0.162 e. The van der Waals surface area contributed by atoms with Crippen LogP contribution in [0.15, 0.2) is 18.2 Å². The highest BCUT2D eigenvalue weighted by atomic mass is 35.5. The van der Waals surface area contributed by atoms with Crippen molar-refractivity contribution in [2.75, 3.05) is 0 Å². The van der Waals surface area contributed by atoms with E-state index >= 15 is 0 Å². The Morgan fingerprint density at radius 1 is 1.24 bits per heavy atom. The topological polar surface area (TPSA) is 17.1 Å². The maximum absolute atomic E-state index is 13.1. The molecule has 0 aromatic heterocycles. The van der Waals surface area contributed by atoms with Crippen LogP contribution in [-0.2, 0) is 0 Å². The Balaban J connectivity index is 2.39. The van der Waals surface area contributed by atoms with Gasteiger partial charge < -0.3 is 0 Å². The number of carbonyl (C=O) groups is 1. The molecule has 0 heterocycles. The minimum absolute atomic E-state index is 0.00272. The molecule has 0 N–H and O–H groups in total. The molecule has 1 aromatic rings. The number of halogens is 2. The molecule has 0 aliphatic carbocycles. The van der Waals surface area contributed by atoms with Gasteiger partial charge in [0, 0.05) is 12.0 Å². The summed E-state index contributed by atoms with van der Waals surface area (Å²) in [5.41, 5.74) is 0.419. The number of hydrogen-bond acceptors (Lipinski definition) is 1. The summed E-state index contributed by atoms with van der Waals surface area (Å²) >= 11 is 5.56. The lowest BCUT2D eigenvalue weighted by molar-refractivity contribution is 0.0978. The molecule has 0 saturated heterocycles. The Kier molecular flexibility index (Phi) is 6.20. The van der Waals surface area contributed by atoms with Crippen LogP contribution >= 0.6 is 11.6 Å². The molecule has 1 rings (SSSR count). The first-order chi connectivity index (χ1) is 8.15. The molecule has 17 heavy (non-hydrogen) atoms. The number of Topliss-reactive ketones (excluding diaryl/α,β-unsaturated/α-hetero) is 1. The Bertz CT molecular complexity index is 376. The number of hydrogen-bond donors (Lipinski definition) is 0. The van der Waals surface area contributed by atoms with E-state index < -0.39 is 5.82 Å². The first-order valence-electron chi connectivity index (χ1n) is 6.13. The summed E-state index contributed by atoms with van der Waals surface area (Å²) in [4.78, 5) is 11.7. The second kappa shape index (κ2) is 7.44. The summed E-state index contributed by atoms with van der Waals surface area (Å²) in [6.07, 6.45) is 6.00. The minimum Gasteiger partial charge on any atom is -0.294 e. The van der Waals surface area contributed by atoms with Gasteiger partial charge in [0.2, 0.25) is 0 Å². The molecule has 0 atom stereocenters. The highest BCUT2D eigenvalue weighted by Gasteiger charge is 2.08. The van der Waals surface area contributed by atoms with Crippen molar-refractivity contribution in [2.45, 2.75) is 45.4 Å². The molecule has 0 aliphatic rings. The van der Waals surface area contributed by atoms with Crippen molar-refractivity contribution < 1.29 is 9.18 Å². The van der Waals surface area contributed by atoms with Crippen LogP contribution in [0.1, 0.15) is 55.8 Å². The van der Waals surface area contributed by atoms with Crippen LogP contribution in [0.4, 0.5) is 4.39 Å². The maximum Gasteiger partial charge on any atom is 0.162 e. The van der Waals surface area contributed by atoms with E-state index in [0.717, 1.165) is 12.8 Å². The summed E-state index contributed by atoms with van der Waals surface area (Å²) < 4.78 is 13.1. The fourth-order valence-corrected chi connectivity index (χ4v) is 1.82. The van der Waals surface area contributed by atoms with E-state index in [9.17, 15) is 9.18 Å². The van der Waals surface area contributed by atoms with Crippen LogP contribution < -0.4 is 0 Å². The second-order valence-electron chi connectivity index (χ2n) is 4.22. The van der Waals surface area contributed by atoms with Gasteiger partial charge in [-0.15, -0.1) is 0 Å². The first-order valence-corrected chi connectivity index (χ1v) is 6.51. The number of rotatable bonds is 7. The Hall–Kier alpha value is -0.890. The Labute approximate surface area is 107 Å². The maximum atomic E-state index is 13.1. The third-order valence-corrected chi connectivity index (χ3v) is 3.06. The molecule has 0 spiro atoms. The van der Waals surface area contributed by atoms with Gasteiger partial charge in [-0.2, -0.15) is 0 Å². The van der Waals surface area contributed by atoms with Crippen molar-refractivity contribution in [1.29, 1.82) is 0 Å². The zero-order valence-corrected chi connectivity index (χ0v) is 10.9. The summed E-state index contributed by atoms with van der Waals surface area (Å²) in [6, 6.07) is 4.23. The van der Waals surface area contributed by atoms with E-state index in [0.29, 0.717) is 12.0 Å². The lowest BCUT2D eigenvalue weighted by Crippen LogP contribution is -1.99. The van der Waals surface area contributed by atoms with Gasteiger partial charge in [0.1, 0.15) is 5.82 Å². The Morgan fingerprint density at radius 2 is 1.94 bits per heavy atom. The monoisotopic (exact) mass is 256 g/mol. The van der Waals surface area contributed by atoms with Crippen molar-refractivity contribution in [1.82, 2.24) is 0 Å². The quantitative estimate of drug-likeness (QED) is 0.494. The fourth-order valence-electron chi connectivity index (χ4n) is 1.70. The molecule has 1 aromatic carbocycles. The van der Waals surface area contributed by atoms with Gasteiger partial charge >= 0.3 is 0 Å². The lowest BCUT2D eigenvalue weighted by Gasteiger charge is -2.02. The van der Waals surface area contributed by atoms with Crippen LogP contribution in [0.25, 0.3) is 0 Å². The van der Waals surface area contributed by atoms with Gasteiger partial charge in [0.05, 0.1) is 5.02 Å². The molecule has 0 aliphatic heterocycles. The van der Waals surface area contributed by atoms with Crippen molar-refractivity contribution in [3.05, 3.63) is 34.6 Å². The van der Waals surface area contributed by atoms with Gasteiger partial charge in [0.25, 0.3) is 0 Å². The molecular weight excluding hydrogens is 239 g/mol. The third-order valence-electron chi connectivity index (χ3n) is 2.75. The average molecular weight is 257 g/mol.